The van der Waals surface area contributed by atoms with Gasteiger partial charge in [-0.1, -0.05) is 0 Å². The van der Waals surface area contributed by atoms with E-state index in [1.165, 1.54) is 13.2 Å². The fourth-order valence-corrected chi connectivity index (χ4v) is 2.52. The van der Waals surface area contributed by atoms with Gasteiger partial charge in [-0.25, -0.2) is 0 Å². The summed E-state index contributed by atoms with van der Waals surface area (Å²) in [6.07, 6.45) is -4.45. The molecule has 21 heavy (non-hydrogen) atoms. The van der Waals surface area contributed by atoms with Crippen LogP contribution >= 0.6 is 0 Å². The Bertz CT molecular complexity index is 642. The molecule has 2 heterocycles. The van der Waals surface area contributed by atoms with Crippen LogP contribution in [0.15, 0.2) is 23.3 Å². The molecule has 2 aliphatic rings. The molecular formula is C13H11F3N2O3. The Morgan fingerprint density at radius 2 is 2.24 bits per heavy atom. The van der Waals surface area contributed by atoms with Gasteiger partial charge in [0.05, 0.1) is 24.9 Å². The van der Waals surface area contributed by atoms with Crippen molar-refractivity contribution < 1.29 is 27.4 Å². The molecule has 0 bridgehead atoms. The first-order valence-corrected chi connectivity index (χ1v) is 6.12. The van der Waals surface area contributed by atoms with Crippen LogP contribution in [0.5, 0.6) is 5.75 Å². The number of rotatable bonds is 1. The number of nitrogens with zero attached hydrogens (tertiary/aromatic N) is 1. The molecule has 1 atom stereocenters. The average molecular weight is 300 g/mol. The molecule has 0 saturated carbocycles. The van der Waals surface area contributed by atoms with Crippen LogP contribution in [-0.4, -0.2) is 31.9 Å². The van der Waals surface area contributed by atoms with Gasteiger partial charge in [0.2, 0.25) is 0 Å². The minimum Gasteiger partial charge on any atom is -0.491 e. The topological polar surface area (TPSA) is 59.9 Å². The van der Waals surface area contributed by atoms with E-state index in [1.54, 1.807) is 0 Å². The number of ether oxygens (including phenoxy) is 2. The highest BCUT2D eigenvalue weighted by Crippen LogP contribution is 2.41. The first-order valence-electron chi connectivity index (χ1n) is 6.12. The van der Waals surface area contributed by atoms with Crippen LogP contribution in [0.3, 0.4) is 0 Å². The van der Waals surface area contributed by atoms with Gasteiger partial charge < -0.3 is 14.9 Å². The van der Waals surface area contributed by atoms with E-state index in [0.29, 0.717) is 11.3 Å². The monoisotopic (exact) mass is 300 g/mol. The Hall–Kier alpha value is -2.25. The van der Waals surface area contributed by atoms with Gasteiger partial charge in [-0.15, -0.1) is 0 Å². The third-order valence-electron chi connectivity index (χ3n) is 3.64. The molecule has 0 amide bonds. The van der Waals surface area contributed by atoms with Crippen molar-refractivity contribution in [2.24, 2.45) is 10.5 Å². The van der Waals surface area contributed by atoms with Crippen molar-refractivity contribution in [2.45, 2.75) is 6.18 Å². The number of hydrazone groups is 1. The predicted octanol–water partition coefficient (Wildman–Crippen LogP) is 1.56. The first kappa shape index (κ1) is 13.7. The molecule has 0 saturated heterocycles. The van der Waals surface area contributed by atoms with Crippen molar-refractivity contribution in [2.75, 3.05) is 20.3 Å². The van der Waals surface area contributed by atoms with Crippen LogP contribution in [0.1, 0.15) is 11.1 Å². The summed E-state index contributed by atoms with van der Waals surface area (Å²) in [6.45, 7) is 0.0787. The van der Waals surface area contributed by atoms with Crippen LogP contribution in [0.4, 0.5) is 13.2 Å². The maximum Gasteiger partial charge on any atom is 0.416 e. The number of hydrogen-bond acceptors (Lipinski definition) is 5. The van der Waals surface area contributed by atoms with Crippen LogP contribution in [0.2, 0.25) is 0 Å². The van der Waals surface area contributed by atoms with Gasteiger partial charge in [0.15, 0.2) is 5.41 Å². The Morgan fingerprint density at radius 1 is 1.48 bits per heavy atom. The Labute approximate surface area is 117 Å². The van der Waals surface area contributed by atoms with Crippen molar-refractivity contribution in [1.82, 2.24) is 5.43 Å². The lowest BCUT2D eigenvalue weighted by molar-refractivity contribution is -0.149. The van der Waals surface area contributed by atoms with Crippen LogP contribution in [-0.2, 0) is 15.7 Å². The minimum absolute atomic E-state index is 0.0619. The average Bonchev–Trinajstić information content (AvgIpc) is 2.90. The summed E-state index contributed by atoms with van der Waals surface area (Å²) in [7, 11) is 1.25. The summed E-state index contributed by atoms with van der Waals surface area (Å²) in [5.74, 6) is -0.469. The number of alkyl halides is 3. The lowest BCUT2D eigenvalue weighted by Gasteiger charge is -2.32. The molecule has 1 aromatic rings. The molecule has 1 unspecified atom stereocenters. The van der Waals surface area contributed by atoms with Crippen LogP contribution < -0.4 is 10.2 Å². The van der Waals surface area contributed by atoms with Crippen molar-refractivity contribution in [1.29, 1.82) is 0 Å². The minimum atomic E-state index is -4.45. The third-order valence-corrected chi connectivity index (χ3v) is 3.64. The third kappa shape index (κ3) is 1.93. The highest BCUT2D eigenvalue weighted by atomic mass is 19.4. The van der Waals surface area contributed by atoms with Crippen molar-refractivity contribution in [3.63, 3.8) is 0 Å². The summed E-state index contributed by atoms with van der Waals surface area (Å²) in [6, 6.07) is 3.12. The quantitative estimate of drug-likeness (QED) is 0.800. The maximum absolute atomic E-state index is 12.7. The van der Waals surface area contributed by atoms with Crippen molar-refractivity contribution >= 4 is 11.7 Å². The second kappa shape index (κ2) is 4.37. The highest BCUT2D eigenvalue weighted by Gasteiger charge is 2.52. The molecule has 0 radical (unpaired) electrons. The van der Waals surface area contributed by atoms with E-state index in [-0.39, 0.29) is 18.9 Å². The van der Waals surface area contributed by atoms with Gasteiger partial charge in [0, 0.05) is 5.56 Å². The van der Waals surface area contributed by atoms with Crippen molar-refractivity contribution in [3.05, 3.63) is 29.3 Å². The van der Waals surface area contributed by atoms with E-state index in [1.807, 2.05) is 0 Å². The van der Waals surface area contributed by atoms with E-state index in [4.69, 9.17) is 9.47 Å². The number of carbonyl (C=O) groups is 1. The standard InChI is InChI=1S/C13H11F3N2O3/c1-20-11(19)12-5-17-18-10(12)8-3-2-7(13(14,15)16)4-9(8)21-6-12/h2-4,17H,5-6H2,1H3. The molecular weight excluding hydrogens is 289 g/mol. The van der Waals surface area contributed by atoms with E-state index < -0.39 is 23.1 Å². The second-order valence-electron chi connectivity index (χ2n) is 4.87. The maximum atomic E-state index is 12.7. The molecule has 112 valence electrons. The van der Waals surface area contributed by atoms with Crippen LogP contribution in [0, 0.1) is 5.41 Å². The Balaban J connectivity index is 2.07. The molecule has 1 aromatic carbocycles. The zero-order valence-electron chi connectivity index (χ0n) is 11.0. The number of methoxy groups -OCH3 is 1. The molecule has 0 aliphatic carbocycles. The normalized spacial score (nSPS) is 23.3. The zero-order chi connectivity index (χ0) is 15.3. The largest absolute Gasteiger partial charge is 0.491 e. The molecule has 5 nitrogen and oxygen atoms in total. The molecule has 0 spiro atoms. The number of nitrogens with one attached hydrogen (secondary N) is 1. The second-order valence-corrected chi connectivity index (χ2v) is 4.87. The SMILES string of the molecule is COC(=O)C12CNN=C1c1ccc(C(F)(F)F)cc1OC2. The number of carbonyl (C=O) groups excluding carboxylic acids is 1. The lowest BCUT2D eigenvalue weighted by Crippen LogP contribution is -2.49. The molecule has 3 rings (SSSR count). The van der Waals surface area contributed by atoms with Gasteiger partial charge in [-0.05, 0) is 18.2 Å². The summed E-state index contributed by atoms with van der Waals surface area (Å²) in [4.78, 5) is 12.0. The molecule has 1 N–H and O–H groups in total. The van der Waals surface area contributed by atoms with Crippen LogP contribution in [0.25, 0.3) is 0 Å². The van der Waals surface area contributed by atoms with E-state index >= 15 is 0 Å². The molecule has 2 aliphatic heterocycles. The lowest BCUT2D eigenvalue weighted by atomic mass is 9.79. The smallest absolute Gasteiger partial charge is 0.416 e. The Morgan fingerprint density at radius 3 is 2.90 bits per heavy atom. The summed E-state index contributed by atoms with van der Waals surface area (Å²) in [5, 5.41) is 4.04. The molecule has 0 fully saturated rings. The van der Waals surface area contributed by atoms with Gasteiger partial charge in [-0.3, -0.25) is 4.79 Å². The fraction of sp³-hybridized carbons (Fsp3) is 0.385. The summed E-state index contributed by atoms with van der Waals surface area (Å²) in [5.41, 5.74) is 1.49. The van der Waals surface area contributed by atoms with Gasteiger partial charge in [0.1, 0.15) is 12.4 Å². The highest BCUT2D eigenvalue weighted by molar-refractivity contribution is 6.18. The van der Waals surface area contributed by atoms with E-state index in [0.717, 1.165) is 12.1 Å². The van der Waals surface area contributed by atoms with E-state index in [9.17, 15) is 18.0 Å². The van der Waals surface area contributed by atoms with Gasteiger partial charge >= 0.3 is 12.1 Å². The predicted molar refractivity (Wildman–Crippen MR) is 65.9 cm³/mol. The van der Waals surface area contributed by atoms with E-state index in [2.05, 4.69) is 10.5 Å². The molecule has 8 heteroatoms. The first-order chi connectivity index (χ1) is 9.88. The number of fused-ring (bicyclic) bond motifs is 3. The van der Waals surface area contributed by atoms with Gasteiger partial charge in [-0.2, -0.15) is 18.3 Å². The number of benzene rings is 1. The van der Waals surface area contributed by atoms with Crippen molar-refractivity contribution in [3.8, 4) is 5.75 Å². The number of hydrogen-bond donors (Lipinski definition) is 1. The van der Waals surface area contributed by atoms with Gasteiger partial charge in [0.25, 0.3) is 0 Å². The number of esters is 1. The number of halogens is 3. The Kier molecular flexibility index (Phi) is 2.86. The summed E-state index contributed by atoms with van der Waals surface area (Å²) >= 11 is 0. The fourth-order valence-electron chi connectivity index (χ4n) is 2.52. The molecule has 0 aromatic heterocycles. The summed E-state index contributed by atoms with van der Waals surface area (Å²) < 4.78 is 48.3. The zero-order valence-corrected chi connectivity index (χ0v) is 11.0.